The molecular formula is C17H25NO2. The lowest BCUT2D eigenvalue weighted by Crippen LogP contribution is -2.26. The summed E-state index contributed by atoms with van der Waals surface area (Å²) >= 11 is 0. The Morgan fingerprint density at radius 3 is 3.05 bits per heavy atom. The maximum absolute atomic E-state index is 11.5. The number of nitrogens with one attached hydrogen (secondary N) is 1. The van der Waals surface area contributed by atoms with Gasteiger partial charge in [0.1, 0.15) is 5.75 Å². The number of hydrogen-bond acceptors (Lipinski definition) is 2. The average Bonchev–Trinajstić information content (AvgIpc) is 2.47. The standard InChI is InChI=1S/C17H25NO2/c1-3-6-17(19)18-12-11-13-7-4-9-15-14(13)8-5-10-16(15)20-2/h5,8,10,13H,3-4,6-7,9,11-12H2,1-2H3,(H,18,19). The summed E-state index contributed by atoms with van der Waals surface area (Å²) in [6, 6.07) is 6.34. The first-order valence-corrected chi connectivity index (χ1v) is 7.68. The summed E-state index contributed by atoms with van der Waals surface area (Å²) < 4.78 is 5.47. The van der Waals surface area contributed by atoms with E-state index in [4.69, 9.17) is 4.74 Å². The minimum absolute atomic E-state index is 0.175. The molecule has 3 heteroatoms. The van der Waals surface area contributed by atoms with Gasteiger partial charge < -0.3 is 10.1 Å². The predicted octanol–water partition coefficient (Wildman–Crippen LogP) is 3.42. The maximum atomic E-state index is 11.5. The first kappa shape index (κ1) is 14.9. The minimum atomic E-state index is 0.175. The molecule has 0 heterocycles. The number of fused-ring (bicyclic) bond motifs is 1. The molecule has 1 aliphatic rings. The molecule has 0 saturated heterocycles. The van der Waals surface area contributed by atoms with Crippen LogP contribution in [-0.2, 0) is 11.2 Å². The quantitative estimate of drug-likeness (QED) is 0.864. The molecule has 0 spiro atoms. The summed E-state index contributed by atoms with van der Waals surface area (Å²) in [6.45, 7) is 2.81. The molecule has 0 saturated carbocycles. The van der Waals surface area contributed by atoms with Crippen LogP contribution in [0.25, 0.3) is 0 Å². The largest absolute Gasteiger partial charge is 0.496 e. The topological polar surface area (TPSA) is 38.3 Å². The van der Waals surface area contributed by atoms with Crippen LogP contribution in [0, 0.1) is 0 Å². The summed E-state index contributed by atoms with van der Waals surface area (Å²) in [5, 5.41) is 3.02. The Labute approximate surface area is 121 Å². The summed E-state index contributed by atoms with van der Waals surface area (Å²) in [6.07, 6.45) is 6.10. The molecule has 110 valence electrons. The fourth-order valence-corrected chi connectivity index (χ4v) is 3.11. The van der Waals surface area contributed by atoms with E-state index in [2.05, 4.69) is 17.4 Å². The highest BCUT2D eigenvalue weighted by atomic mass is 16.5. The molecule has 1 aromatic carbocycles. The third-order valence-electron chi connectivity index (χ3n) is 4.10. The van der Waals surface area contributed by atoms with Crippen molar-refractivity contribution in [3.63, 3.8) is 0 Å². The van der Waals surface area contributed by atoms with Crippen molar-refractivity contribution in [1.82, 2.24) is 5.32 Å². The van der Waals surface area contributed by atoms with Crippen LogP contribution >= 0.6 is 0 Å². The highest BCUT2D eigenvalue weighted by molar-refractivity contribution is 5.75. The lowest BCUT2D eigenvalue weighted by Gasteiger charge is -2.27. The number of rotatable bonds is 6. The van der Waals surface area contributed by atoms with Gasteiger partial charge in [0, 0.05) is 13.0 Å². The van der Waals surface area contributed by atoms with E-state index in [-0.39, 0.29) is 5.91 Å². The zero-order valence-electron chi connectivity index (χ0n) is 12.6. The molecule has 1 aromatic rings. The second-order valence-electron chi connectivity index (χ2n) is 5.51. The van der Waals surface area contributed by atoms with Crippen LogP contribution in [0.5, 0.6) is 5.75 Å². The Morgan fingerprint density at radius 2 is 2.30 bits per heavy atom. The number of carbonyl (C=O) groups excluding carboxylic acids is 1. The highest BCUT2D eigenvalue weighted by Gasteiger charge is 2.22. The van der Waals surface area contributed by atoms with E-state index >= 15 is 0 Å². The van der Waals surface area contributed by atoms with E-state index in [0.29, 0.717) is 12.3 Å². The first-order chi connectivity index (χ1) is 9.76. The Bertz CT molecular complexity index is 456. The van der Waals surface area contributed by atoms with Crippen molar-refractivity contribution < 1.29 is 9.53 Å². The molecule has 0 radical (unpaired) electrons. The van der Waals surface area contributed by atoms with Crippen molar-refractivity contribution in [2.24, 2.45) is 0 Å². The van der Waals surface area contributed by atoms with Crippen molar-refractivity contribution in [3.05, 3.63) is 29.3 Å². The third-order valence-corrected chi connectivity index (χ3v) is 4.10. The Kier molecular flexibility index (Phi) is 5.45. The maximum Gasteiger partial charge on any atom is 0.219 e. The lowest BCUT2D eigenvalue weighted by molar-refractivity contribution is -0.121. The molecule has 0 fully saturated rings. The molecule has 20 heavy (non-hydrogen) atoms. The van der Waals surface area contributed by atoms with E-state index in [9.17, 15) is 4.79 Å². The van der Waals surface area contributed by atoms with Gasteiger partial charge in [-0.1, -0.05) is 19.1 Å². The molecule has 0 aromatic heterocycles. The van der Waals surface area contributed by atoms with Crippen molar-refractivity contribution >= 4 is 5.91 Å². The third kappa shape index (κ3) is 3.53. The summed E-state index contributed by atoms with van der Waals surface area (Å²) in [7, 11) is 1.74. The van der Waals surface area contributed by atoms with Crippen molar-refractivity contribution in [2.75, 3.05) is 13.7 Å². The van der Waals surface area contributed by atoms with Crippen LogP contribution in [0.3, 0.4) is 0 Å². The second kappa shape index (κ2) is 7.32. The Morgan fingerprint density at radius 1 is 1.45 bits per heavy atom. The van der Waals surface area contributed by atoms with Gasteiger partial charge in [-0.3, -0.25) is 4.79 Å². The fourth-order valence-electron chi connectivity index (χ4n) is 3.11. The van der Waals surface area contributed by atoms with Gasteiger partial charge in [0.2, 0.25) is 5.91 Å². The molecule has 1 N–H and O–H groups in total. The van der Waals surface area contributed by atoms with Crippen molar-refractivity contribution in [3.8, 4) is 5.75 Å². The molecule has 1 amide bonds. The number of methoxy groups -OCH3 is 1. The van der Waals surface area contributed by atoms with Gasteiger partial charge in [0.15, 0.2) is 0 Å². The zero-order valence-corrected chi connectivity index (χ0v) is 12.6. The molecule has 1 unspecified atom stereocenters. The summed E-state index contributed by atoms with van der Waals surface area (Å²) in [5.74, 6) is 1.74. The number of amides is 1. The van der Waals surface area contributed by atoms with Crippen LogP contribution in [0.4, 0.5) is 0 Å². The van der Waals surface area contributed by atoms with Crippen LogP contribution < -0.4 is 10.1 Å². The average molecular weight is 275 g/mol. The molecule has 0 bridgehead atoms. The van der Waals surface area contributed by atoms with Gasteiger partial charge in [0.05, 0.1) is 7.11 Å². The van der Waals surface area contributed by atoms with Crippen LogP contribution in [0.2, 0.25) is 0 Å². The van der Waals surface area contributed by atoms with E-state index < -0.39 is 0 Å². The number of benzene rings is 1. The van der Waals surface area contributed by atoms with Gasteiger partial charge in [-0.05, 0) is 55.2 Å². The lowest BCUT2D eigenvalue weighted by atomic mass is 9.80. The van der Waals surface area contributed by atoms with Crippen LogP contribution in [-0.4, -0.2) is 19.6 Å². The van der Waals surface area contributed by atoms with Crippen molar-refractivity contribution in [2.45, 2.75) is 51.4 Å². The molecule has 3 nitrogen and oxygen atoms in total. The van der Waals surface area contributed by atoms with Gasteiger partial charge in [-0.25, -0.2) is 0 Å². The summed E-state index contributed by atoms with van der Waals surface area (Å²) in [4.78, 5) is 11.5. The number of carbonyl (C=O) groups is 1. The molecular weight excluding hydrogens is 250 g/mol. The van der Waals surface area contributed by atoms with Gasteiger partial charge in [-0.2, -0.15) is 0 Å². The molecule has 1 aliphatic carbocycles. The monoisotopic (exact) mass is 275 g/mol. The SMILES string of the molecule is CCCC(=O)NCCC1CCCc2c(OC)cccc21. The first-order valence-electron chi connectivity index (χ1n) is 7.68. The smallest absolute Gasteiger partial charge is 0.219 e. The molecule has 2 rings (SSSR count). The molecule has 0 aliphatic heterocycles. The van der Waals surface area contributed by atoms with Gasteiger partial charge in [-0.15, -0.1) is 0 Å². The number of ether oxygens (including phenoxy) is 1. The minimum Gasteiger partial charge on any atom is -0.496 e. The summed E-state index contributed by atoms with van der Waals surface area (Å²) in [5.41, 5.74) is 2.78. The predicted molar refractivity (Wildman–Crippen MR) is 81.2 cm³/mol. The van der Waals surface area contributed by atoms with Gasteiger partial charge in [0.25, 0.3) is 0 Å². The van der Waals surface area contributed by atoms with E-state index in [1.165, 1.54) is 24.0 Å². The van der Waals surface area contributed by atoms with Crippen LogP contribution in [0.1, 0.15) is 56.1 Å². The van der Waals surface area contributed by atoms with E-state index in [1.54, 1.807) is 7.11 Å². The highest BCUT2D eigenvalue weighted by Crippen LogP contribution is 2.37. The van der Waals surface area contributed by atoms with E-state index in [0.717, 1.165) is 31.6 Å². The Balaban J connectivity index is 1.97. The molecule has 1 atom stereocenters. The zero-order chi connectivity index (χ0) is 14.4. The second-order valence-corrected chi connectivity index (χ2v) is 5.51. The normalized spacial score (nSPS) is 17.4. The van der Waals surface area contributed by atoms with Crippen molar-refractivity contribution in [1.29, 1.82) is 0 Å². The van der Waals surface area contributed by atoms with E-state index in [1.807, 2.05) is 13.0 Å². The number of hydrogen-bond donors (Lipinski definition) is 1. The fraction of sp³-hybridized carbons (Fsp3) is 0.588. The Hall–Kier alpha value is -1.51. The van der Waals surface area contributed by atoms with Crippen LogP contribution in [0.15, 0.2) is 18.2 Å². The van der Waals surface area contributed by atoms with Gasteiger partial charge >= 0.3 is 0 Å².